The molecule has 88 valence electrons. The van der Waals surface area contributed by atoms with Gasteiger partial charge in [0.15, 0.2) is 0 Å². The van der Waals surface area contributed by atoms with Crippen LogP contribution in [-0.2, 0) is 9.53 Å². The Morgan fingerprint density at radius 3 is 2.53 bits per heavy atom. The van der Waals surface area contributed by atoms with Crippen LogP contribution in [0.3, 0.4) is 0 Å². The Bertz CT molecular complexity index is 210. The summed E-state index contributed by atoms with van der Waals surface area (Å²) >= 11 is 4.81. The third-order valence-corrected chi connectivity index (χ3v) is 2.41. The zero-order chi connectivity index (χ0) is 11.7. The minimum atomic E-state index is -0.152. The molecule has 0 amide bonds. The molecule has 0 aliphatic rings. The smallest absolute Gasteiger partial charge is 0.305 e. The van der Waals surface area contributed by atoms with E-state index >= 15 is 0 Å². The maximum Gasteiger partial charge on any atom is 0.305 e. The van der Waals surface area contributed by atoms with Crippen LogP contribution in [0.2, 0.25) is 0 Å². The summed E-state index contributed by atoms with van der Waals surface area (Å²) in [4.78, 5) is 13.6. The molecule has 0 saturated carbocycles. The SMILES string of the molecule is CCN(CCCC(=O)OC)CCC(N)=S. The maximum absolute atomic E-state index is 10.9. The van der Waals surface area contributed by atoms with Gasteiger partial charge < -0.3 is 15.4 Å². The van der Waals surface area contributed by atoms with Crippen LogP contribution in [0.4, 0.5) is 0 Å². The monoisotopic (exact) mass is 232 g/mol. The molecule has 0 heterocycles. The van der Waals surface area contributed by atoms with Crippen LogP contribution in [0.5, 0.6) is 0 Å². The van der Waals surface area contributed by atoms with E-state index in [1.54, 1.807) is 0 Å². The lowest BCUT2D eigenvalue weighted by molar-refractivity contribution is -0.140. The Labute approximate surface area is 96.8 Å². The molecule has 0 aromatic carbocycles. The number of methoxy groups -OCH3 is 1. The van der Waals surface area contributed by atoms with Gasteiger partial charge in [0.05, 0.1) is 12.1 Å². The predicted molar refractivity (Wildman–Crippen MR) is 64.8 cm³/mol. The van der Waals surface area contributed by atoms with Crippen LogP contribution in [0, 0.1) is 0 Å². The van der Waals surface area contributed by atoms with Crippen molar-refractivity contribution >= 4 is 23.2 Å². The van der Waals surface area contributed by atoms with Crippen LogP contribution in [-0.4, -0.2) is 42.6 Å². The minimum Gasteiger partial charge on any atom is -0.469 e. The van der Waals surface area contributed by atoms with Gasteiger partial charge >= 0.3 is 5.97 Å². The molecule has 0 aliphatic heterocycles. The van der Waals surface area contributed by atoms with E-state index in [1.807, 2.05) is 0 Å². The Balaban J connectivity index is 3.61. The number of nitrogens with zero attached hydrogens (tertiary/aromatic N) is 1. The van der Waals surface area contributed by atoms with E-state index in [4.69, 9.17) is 18.0 Å². The van der Waals surface area contributed by atoms with E-state index in [9.17, 15) is 4.79 Å². The van der Waals surface area contributed by atoms with Crippen LogP contribution in [0.1, 0.15) is 26.2 Å². The van der Waals surface area contributed by atoms with Crippen molar-refractivity contribution in [2.24, 2.45) is 5.73 Å². The molecule has 2 N–H and O–H groups in total. The molecule has 0 atom stereocenters. The summed E-state index contributed by atoms with van der Waals surface area (Å²) in [6.07, 6.45) is 2.03. The van der Waals surface area contributed by atoms with Crippen LogP contribution < -0.4 is 5.73 Å². The number of hydrogen-bond acceptors (Lipinski definition) is 4. The summed E-state index contributed by atoms with van der Waals surface area (Å²) < 4.78 is 4.57. The summed E-state index contributed by atoms with van der Waals surface area (Å²) in [5, 5.41) is 0. The van der Waals surface area contributed by atoms with Crippen molar-refractivity contribution in [2.45, 2.75) is 26.2 Å². The lowest BCUT2D eigenvalue weighted by atomic mass is 10.2. The van der Waals surface area contributed by atoms with E-state index < -0.39 is 0 Å². The zero-order valence-electron chi connectivity index (χ0n) is 9.49. The molecule has 0 saturated heterocycles. The molecular weight excluding hydrogens is 212 g/mol. The fourth-order valence-corrected chi connectivity index (χ4v) is 1.34. The lowest BCUT2D eigenvalue weighted by Gasteiger charge is -2.19. The highest BCUT2D eigenvalue weighted by Crippen LogP contribution is 1.98. The van der Waals surface area contributed by atoms with Gasteiger partial charge in [0.25, 0.3) is 0 Å². The van der Waals surface area contributed by atoms with Crippen molar-refractivity contribution in [3.63, 3.8) is 0 Å². The molecule has 0 bridgehead atoms. The predicted octanol–water partition coefficient (Wildman–Crippen LogP) is 0.938. The van der Waals surface area contributed by atoms with Crippen molar-refractivity contribution < 1.29 is 9.53 Å². The number of rotatable bonds is 8. The highest BCUT2D eigenvalue weighted by atomic mass is 32.1. The number of nitrogens with two attached hydrogens (primary N) is 1. The maximum atomic E-state index is 10.9. The summed E-state index contributed by atoms with van der Waals surface area (Å²) in [5.41, 5.74) is 5.42. The van der Waals surface area contributed by atoms with E-state index in [-0.39, 0.29) is 5.97 Å². The molecule has 0 aliphatic carbocycles. The van der Waals surface area contributed by atoms with Crippen LogP contribution in [0.15, 0.2) is 0 Å². The van der Waals surface area contributed by atoms with Gasteiger partial charge in [-0.05, 0) is 19.5 Å². The van der Waals surface area contributed by atoms with Gasteiger partial charge in [-0.3, -0.25) is 4.79 Å². The Morgan fingerprint density at radius 2 is 2.07 bits per heavy atom. The molecule has 0 aromatic rings. The Hall–Kier alpha value is -0.680. The number of thiocarbonyl (C=S) groups is 1. The molecule has 0 aromatic heterocycles. The number of esters is 1. The van der Waals surface area contributed by atoms with Gasteiger partial charge in [0.2, 0.25) is 0 Å². The van der Waals surface area contributed by atoms with Crippen molar-refractivity contribution in [2.75, 3.05) is 26.7 Å². The first-order valence-electron chi connectivity index (χ1n) is 5.17. The first kappa shape index (κ1) is 14.3. The van der Waals surface area contributed by atoms with Crippen molar-refractivity contribution in [1.82, 2.24) is 4.90 Å². The quantitative estimate of drug-likeness (QED) is 0.498. The fourth-order valence-electron chi connectivity index (χ4n) is 1.25. The van der Waals surface area contributed by atoms with Gasteiger partial charge in [-0.2, -0.15) is 0 Å². The third-order valence-electron chi connectivity index (χ3n) is 2.20. The molecule has 4 nitrogen and oxygen atoms in total. The van der Waals surface area contributed by atoms with Gasteiger partial charge in [0, 0.05) is 19.4 Å². The fraction of sp³-hybridized carbons (Fsp3) is 0.800. The topological polar surface area (TPSA) is 55.6 Å². The molecule has 0 rings (SSSR count). The van der Waals surface area contributed by atoms with Gasteiger partial charge in [-0.1, -0.05) is 19.1 Å². The standard InChI is InChI=1S/C10H20N2O2S/c1-3-12(8-6-9(11)15)7-4-5-10(13)14-2/h3-8H2,1-2H3,(H2,11,15). The summed E-state index contributed by atoms with van der Waals surface area (Å²) in [5.74, 6) is -0.152. The molecule has 0 fully saturated rings. The number of carbonyl (C=O) groups excluding carboxylic acids is 1. The van der Waals surface area contributed by atoms with E-state index in [2.05, 4.69) is 16.6 Å². The van der Waals surface area contributed by atoms with Gasteiger partial charge in [0.1, 0.15) is 0 Å². The van der Waals surface area contributed by atoms with Gasteiger partial charge in [-0.15, -0.1) is 0 Å². The summed E-state index contributed by atoms with van der Waals surface area (Å²) in [7, 11) is 1.41. The molecule has 0 unspecified atom stereocenters. The van der Waals surface area contributed by atoms with Crippen molar-refractivity contribution in [3.8, 4) is 0 Å². The van der Waals surface area contributed by atoms with Crippen LogP contribution in [0.25, 0.3) is 0 Å². The largest absolute Gasteiger partial charge is 0.469 e. The number of hydrogen-bond donors (Lipinski definition) is 1. The summed E-state index contributed by atoms with van der Waals surface area (Å²) in [6.45, 7) is 4.78. The highest BCUT2D eigenvalue weighted by Gasteiger charge is 2.05. The van der Waals surface area contributed by atoms with E-state index in [1.165, 1.54) is 7.11 Å². The van der Waals surface area contributed by atoms with E-state index in [0.717, 1.165) is 32.5 Å². The Kier molecular flexibility index (Phi) is 8.22. The minimum absolute atomic E-state index is 0.152. The number of ether oxygens (including phenoxy) is 1. The average Bonchev–Trinajstić information content (AvgIpc) is 2.22. The second kappa shape index (κ2) is 8.61. The highest BCUT2D eigenvalue weighted by molar-refractivity contribution is 7.80. The molecule has 15 heavy (non-hydrogen) atoms. The van der Waals surface area contributed by atoms with Crippen molar-refractivity contribution in [3.05, 3.63) is 0 Å². The number of carbonyl (C=O) groups is 1. The zero-order valence-corrected chi connectivity index (χ0v) is 10.3. The normalized spacial score (nSPS) is 10.3. The van der Waals surface area contributed by atoms with Crippen molar-refractivity contribution in [1.29, 1.82) is 0 Å². The second-order valence-corrected chi connectivity index (χ2v) is 3.85. The first-order chi connectivity index (χ1) is 7.10. The molecular formula is C10H20N2O2S. The van der Waals surface area contributed by atoms with E-state index in [0.29, 0.717) is 11.4 Å². The lowest BCUT2D eigenvalue weighted by Crippen LogP contribution is -2.28. The van der Waals surface area contributed by atoms with Crippen LogP contribution >= 0.6 is 12.2 Å². The summed E-state index contributed by atoms with van der Waals surface area (Å²) in [6, 6.07) is 0. The Morgan fingerprint density at radius 1 is 1.40 bits per heavy atom. The third kappa shape index (κ3) is 8.32. The molecule has 5 heteroatoms. The molecule has 0 spiro atoms. The molecule has 0 radical (unpaired) electrons. The average molecular weight is 232 g/mol. The first-order valence-corrected chi connectivity index (χ1v) is 5.58. The van der Waals surface area contributed by atoms with Gasteiger partial charge in [-0.25, -0.2) is 0 Å². The second-order valence-electron chi connectivity index (χ2n) is 3.33.